The van der Waals surface area contributed by atoms with Gasteiger partial charge in [-0.3, -0.25) is 0 Å². The number of hydrogen-bond donors (Lipinski definition) is 0. The van der Waals surface area contributed by atoms with E-state index < -0.39 is 21.7 Å². The van der Waals surface area contributed by atoms with Crippen molar-refractivity contribution in [2.24, 2.45) is 0 Å². The molecule has 2 aromatic carbocycles. The maximum atomic E-state index is 13.4. The smallest absolute Gasteiger partial charge is 0.207 e. The first-order chi connectivity index (χ1) is 10.5. The van der Waals surface area contributed by atoms with Crippen LogP contribution >= 0.6 is 0 Å². The molecule has 3 nitrogen and oxygen atoms in total. The molecule has 0 aromatic heterocycles. The maximum Gasteiger partial charge on any atom is 0.243 e. The summed E-state index contributed by atoms with van der Waals surface area (Å²) in [7, 11) is -3.85. The average Bonchev–Trinajstić information content (AvgIpc) is 3.01. The van der Waals surface area contributed by atoms with Gasteiger partial charge in [0.25, 0.3) is 0 Å². The van der Waals surface area contributed by atoms with Crippen molar-refractivity contribution in [1.82, 2.24) is 4.31 Å². The Morgan fingerprint density at radius 3 is 2.41 bits per heavy atom. The highest BCUT2D eigenvalue weighted by Crippen LogP contribution is 2.36. The Labute approximate surface area is 128 Å². The van der Waals surface area contributed by atoms with Gasteiger partial charge < -0.3 is 0 Å². The topological polar surface area (TPSA) is 37.4 Å². The Hall–Kier alpha value is -1.79. The van der Waals surface area contributed by atoms with Gasteiger partial charge in [0.15, 0.2) is 11.6 Å². The van der Waals surface area contributed by atoms with Crippen LogP contribution in [0.25, 0.3) is 0 Å². The lowest BCUT2D eigenvalue weighted by molar-refractivity contribution is 0.396. The average molecular weight is 323 g/mol. The molecule has 6 heteroatoms. The number of hydrogen-bond acceptors (Lipinski definition) is 2. The highest BCUT2D eigenvalue weighted by atomic mass is 32.2. The molecule has 0 saturated carbocycles. The second kappa shape index (κ2) is 5.78. The van der Waals surface area contributed by atoms with Crippen LogP contribution in [0.1, 0.15) is 24.4 Å². The molecule has 0 bridgehead atoms. The maximum absolute atomic E-state index is 13.4. The van der Waals surface area contributed by atoms with Crippen LogP contribution in [0.4, 0.5) is 8.78 Å². The third-order valence-corrected chi connectivity index (χ3v) is 5.79. The predicted octanol–water partition coefficient (Wildman–Crippen LogP) is 3.49. The predicted molar refractivity (Wildman–Crippen MR) is 78.7 cm³/mol. The van der Waals surface area contributed by atoms with Gasteiger partial charge in [0.05, 0.1) is 10.9 Å². The molecular weight excluding hydrogens is 308 g/mol. The summed E-state index contributed by atoms with van der Waals surface area (Å²) in [5, 5.41) is 0. The lowest BCUT2D eigenvalue weighted by Gasteiger charge is -2.24. The van der Waals surface area contributed by atoms with Gasteiger partial charge in [-0.2, -0.15) is 4.31 Å². The van der Waals surface area contributed by atoms with Crippen molar-refractivity contribution in [1.29, 1.82) is 0 Å². The standard InChI is InChI=1S/C16H15F2NO2S/c17-14-9-8-13(11-15(14)18)22(20,21)19-10-4-7-16(19)12-5-2-1-3-6-12/h1-3,5-6,8-9,11,16H,4,7,10H2/t16-/m0/s1. The van der Waals surface area contributed by atoms with Gasteiger partial charge in [-0.1, -0.05) is 30.3 Å². The first-order valence-electron chi connectivity index (χ1n) is 7.02. The SMILES string of the molecule is O=S(=O)(c1ccc(F)c(F)c1)N1CCC[C@H]1c1ccccc1. The molecule has 22 heavy (non-hydrogen) atoms. The van der Waals surface area contributed by atoms with E-state index in [1.807, 2.05) is 30.3 Å². The van der Waals surface area contributed by atoms with Crippen molar-refractivity contribution in [2.45, 2.75) is 23.8 Å². The second-order valence-corrected chi connectivity index (χ2v) is 7.15. The fourth-order valence-electron chi connectivity index (χ4n) is 2.81. The zero-order chi connectivity index (χ0) is 15.7. The van der Waals surface area contributed by atoms with Gasteiger partial charge >= 0.3 is 0 Å². The Morgan fingerprint density at radius 1 is 1.00 bits per heavy atom. The van der Waals surface area contributed by atoms with Crippen LogP contribution in [-0.4, -0.2) is 19.3 Å². The highest BCUT2D eigenvalue weighted by molar-refractivity contribution is 7.89. The fraction of sp³-hybridized carbons (Fsp3) is 0.250. The Balaban J connectivity index is 1.99. The molecule has 0 unspecified atom stereocenters. The number of nitrogens with zero attached hydrogens (tertiary/aromatic N) is 1. The number of rotatable bonds is 3. The molecule has 1 heterocycles. The largest absolute Gasteiger partial charge is 0.243 e. The number of sulfonamides is 1. The van der Waals surface area contributed by atoms with Crippen LogP contribution in [0.5, 0.6) is 0 Å². The van der Waals surface area contributed by atoms with Crippen LogP contribution < -0.4 is 0 Å². The number of benzene rings is 2. The summed E-state index contributed by atoms with van der Waals surface area (Å²) in [6.45, 7) is 0.376. The quantitative estimate of drug-likeness (QED) is 0.867. The second-order valence-electron chi connectivity index (χ2n) is 5.26. The van der Waals surface area contributed by atoms with Crippen LogP contribution in [-0.2, 0) is 10.0 Å². The molecule has 116 valence electrons. The zero-order valence-corrected chi connectivity index (χ0v) is 12.6. The van der Waals surface area contributed by atoms with Crippen molar-refractivity contribution in [3.63, 3.8) is 0 Å². The first-order valence-corrected chi connectivity index (χ1v) is 8.46. The van der Waals surface area contributed by atoms with Crippen LogP contribution in [0.2, 0.25) is 0 Å². The molecule has 1 aliphatic rings. The minimum Gasteiger partial charge on any atom is -0.207 e. The van der Waals surface area contributed by atoms with Gasteiger partial charge in [0, 0.05) is 6.54 Å². The molecule has 1 atom stereocenters. The molecule has 1 saturated heterocycles. The van der Waals surface area contributed by atoms with Crippen LogP contribution in [0.15, 0.2) is 53.4 Å². The first kappa shape index (κ1) is 15.1. The van der Waals surface area contributed by atoms with E-state index in [1.165, 1.54) is 4.31 Å². The zero-order valence-electron chi connectivity index (χ0n) is 11.7. The highest BCUT2D eigenvalue weighted by Gasteiger charge is 2.36. The van der Waals surface area contributed by atoms with E-state index in [0.717, 1.165) is 30.2 Å². The van der Waals surface area contributed by atoms with Crippen LogP contribution in [0, 0.1) is 11.6 Å². The van der Waals surface area contributed by atoms with Crippen molar-refractivity contribution >= 4 is 10.0 Å². The third-order valence-electron chi connectivity index (χ3n) is 3.89. The Bertz CT molecular complexity index is 778. The molecule has 0 amide bonds. The molecule has 1 fully saturated rings. The molecule has 0 aliphatic carbocycles. The lowest BCUT2D eigenvalue weighted by Crippen LogP contribution is -2.30. The normalized spacial score (nSPS) is 19.5. The van der Waals surface area contributed by atoms with Gasteiger partial charge in [-0.15, -0.1) is 0 Å². The Morgan fingerprint density at radius 2 is 1.73 bits per heavy atom. The van der Waals surface area contributed by atoms with Gasteiger partial charge in [-0.05, 0) is 36.6 Å². The summed E-state index contributed by atoms with van der Waals surface area (Å²) >= 11 is 0. The van der Waals surface area contributed by atoms with Gasteiger partial charge in [-0.25, -0.2) is 17.2 Å². The minimum atomic E-state index is -3.85. The van der Waals surface area contributed by atoms with E-state index in [1.54, 1.807) is 0 Å². The molecule has 0 spiro atoms. The monoisotopic (exact) mass is 323 g/mol. The summed E-state index contributed by atoms with van der Waals surface area (Å²) in [6.07, 6.45) is 1.45. The fourth-order valence-corrected chi connectivity index (χ4v) is 4.50. The van der Waals surface area contributed by atoms with Gasteiger partial charge in [0.2, 0.25) is 10.0 Å². The van der Waals surface area contributed by atoms with Gasteiger partial charge in [0.1, 0.15) is 0 Å². The summed E-state index contributed by atoms with van der Waals surface area (Å²) in [4.78, 5) is -0.214. The van der Waals surface area contributed by atoms with E-state index in [2.05, 4.69) is 0 Å². The Kier molecular flexibility index (Phi) is 3.97. The van der Waals surface area contributed by atoms with E-state index >= 15 is 0 Å². The van der Waals surface area contributed by atoms with E-state index in [4.69, 9.17) is 0 Å². The lowest BCUT2D eigenvalue weighted by atomic mass is 10.1. The molecule has 0 radical (unpaired) electrons. The molecular formula is C16H15F2NO2S. The summed E-state index contributed by atoms with van der Waals surface area (Å²) < 4.78 is 53.2. The molecule has 3 rings (SSSR count). The third kappa shape index (κ3) is 2.64. The summed E-state index contributed by atoms with van der Waals surface area (Å²) in [6, 6.07) is 11.8. The van der Waals surface area contributed by atoms with Crippen molar-refractivity contribution < 1.29 is 17.2 Å². The van der Waals surface area contributed by atoms with Crippen molar-refractivity contribution in [2.75, 3.05) is 6.54 Å². The minimum absolute atomic E-state index is 0.214. The molecule has 0 N–H and O–H groups in total. The number of halogens is 2. The molecule has 2 aromatic rings. The van der Waals surface area contributed by atoms with Crippen molar-refractivity contribution in [3.8, 4) is 0 Å². The molecule has 1 aliphatic heterocycles. The van der Waals surface area contributed by atoms with E-state index in [-0.39, 0.29) is 10.9 Å². The van der Waals surface area contributed by atoms with Crippen LogP contribution in [0.3, 0.4) is 0 Å². The van der Waals surface area contributed by atoms with E-state index in [9.17, 15) is 17.2 Å². The van der Waals surface area contributed by atoms with Crippen molar-refractivity contribution in [3.05, 3.63) is 65.7 Å². The summed E-state index contributed by atoms with van der Waals surface area (Å²) in [5.74, 6) is -2.21. The summed E-state index contributed by atoms with van der Waals surface area (Å²) in [5.41, 5.74) is 0.908. The van der Waals surface area contributed by atoms with E-state index in [0.29, 0.717) is 13.0 Å².